The number of aryl methyl sites for hydroxylation is 1. The first-order valence-electron chi connectivity index (χ1n) is 7.95. The van der Waals surface area contributed by atoms with Crippen molar-refractivity contribution in [2.45, 2.75) is 19.3 Å². The zero-order chi connectivity index (χ0) is 17.5. The van der Waals surface area contributed by atoms with Gasteiger partial charge >= 0.3 is 0 Å². The molecule has 0 saturated carbocycles. The molecule has 0 unspecified atom stereocenters. The van der Waals surface area contributed by atoms with Crippen LogP contribution in [0.4, 0.5) is 0 Å². The molecule has 3 aromatic rings. The second kappa shape index (κ2) is 8.39. The first kappa shape index (κ1) is 17.1. The Morgan fingerprint density at radius 3 is 2.76 bits per heavy atom. The maximum absolute atomic E-state index is 11.9. The van der Waals surface area contributed by atoms with Crippen LogP contribution in [0.25, 0.3) is 11.4 Å². The highest BCUT2D eigenvalue weighted by Gasteiger charge is 2.10. The summed E-state index contributed by atoms with van der Waals surface area (Å²) >= 11 is 5.84. The molecule has 0 bridgehead atoms. The third-order valence-corrected chi connectivity index (χ3v) is 3.85. The molecular formula is C18H17ClN4O2. The van der Waals surface area contributed by atoms with E-state index in [1.165, 1.54) is 0 Å². The number of carbonyl (C=O) groups is 1. The minimum absolute atomic E-state index is 0.0462. The summed E-state index contributed by atoms with van der Waals surface area (Å²) < 4.78 is 5.17. The van der Waals surface area contributed by atoms with Crippen molar-refractivity contribution in [1.82, 2.24) is 20.4 Å². The van der Waals surface area contributed by atoms with Crippen LogP contribution in [0.2, 0.25) is 5.02 Å². The van der Waals surface area contributed by atoms with Crippen molar-refractivity contribution in [3.8, 4) is 11.4 Å². The van der Waals surface area contributed by atoms with Crippen LogP contribution in [0.5, 0.6) is 0 Å². The number of pyridine rings is 1. The third kappa shape index (κ3) is 5.12. The Balaban J connectivity index is 1.42. The summed E-state index contributed by atoms with van der Waals surface area (Å²) in [7, 11) is 0. The zero-order valence-corrected chi connectivity index (χ0v) is 14.2. The second-order valence-electron chi connectivity index (χ2n) is 5.48. The molecular weight excluding hydrogens is 340 g/mol. The summed E-state index contributed by atoms with van der Waals surface area (Å²) in [6.45, 7) is 0.575. The molecule has 6 nitrogen and oxygen atoms in total. The number of benzene rings is 1. The summed E-state index contributed by atoms with van der Waals surface area (Å²) in [5.74, 6) is 0.869. The van der Waals surface area contributed by atoms with Gasteiger partial charge in [-0.05, 0) is 36.2 Å². The number of aromatic nitrogens is 3. The summed E-state index contributed by atoms with van der Waals surface area (Å²) in [6, 6.07) is 11.2. The highest BCUT2D eigenvalue weighted by atomic mass is 35.5. The Kier molecular flexibility index (Phi) is 5.74. The summed E-state index contributed by atoms with van der Waals surface area (Å²) in [5.41, 5.74) is 1.91. The monoisotopic (exact) mass is 356 g/mol. The Labute approximate surface area is 150 Å². The first-order chi connectivity index (χ1) is 12.2. The summed E-state index contributed by atoms with van der Waals surface area (Å²) in [4.78, 5) is 20.2. The van der Waals surface area contributed by atoms with Gasteiger partial charge in [-0.25, -0.2) is 0 Å². The molecule has 0 saturated heterocycles. The lowest BCUT2D eigenvalue weighted by Crippen LogP contribution is -2.25. The molecule has 1 N–H and O–H groups in total. The van der Waals surface area contributed by atoms with Crippen LogP contribution in [0.1, 0.15) is 17.9 Å². The van der Waals surface area contributed by atoms with Gasteiger partial charge in [0.25, 0.3) is 0 Å². The number of hydrogen-bond donors (Lipinski definition) is 1. The van der Waals surface area contributed by atoms with Crippen LogP contribution in [0.15, 0.2) is 53.3 Å². The standard InChI is InChI=1S/C18H17ClN4O2/c19-15-5-3-13(4-6-15)9-11-21-16(24)7-8-17-22-18(23-25-17)14-2-1-10-20-12-14/h1-6,10,12H,7-9,11H2,(H,21,24). The molecule has 1 amide bonds. The van der Waals surface area contributed by atoms with Crippen LogP contribution in [-0.4, -0.2) is 27.6 Å². The maximum atomic E-state index is 11.9. The van der Waals surface area contributed by atoms with Crippen LogP contribution in [0.3, 0.4) is 0 Å². The van der Waals surface area contributed by atoms with Gasteiger partial charge in [-0.2, -0.15) is 4.98 Å². The lowest BCUT2D eigenvalue weighted by Gasteiger charge is -2.04. The van der Waals surface area contributed by atoms with E-state index in [9.17, 15) is 4.79 Å². The minimum atomic E-state index is -0.0462. The fourth-order valence-electron chi connectivity index (χ4n) is 2.27. The van der Waals surface area contributed by atoms with Gasteiger partial charge in [0.15, 0.2) is 0 Å². The predicted molar refractivity (Wildman–Crippen MR) is 94.0 cm³/mol. The van der Waals surface area contributed by atoms with Crippen LogP contribution in [0, 0.1) is 0 Å². The van der Waals surface area contributed by atoms with E-state index in [1.807, 2.05) is 30.3 Å². The smallest absolute Gasteiger partial charge is 0.227 e. The first-order valence-corrected chi connectivity index (χ1v) is 8.32. The van der Waals surface area contributed by atoms with E-state index in [0.717, 1.165) is 17.5 Å². The van der Waals surface area contributed by atoms with Gasteiger partial charge in [0.2, 0.25) is 17.6 Å². The highest BCUT2D eigenvalue weighted by molar-refractivity contribution is 6.30. The van der Waals surface area contributed by atoms with Crippen LogP contribution < -0.4 is 5.32 Å². The van der Waals surface area contributed by atoms with Gasteiger partial charge in [0, 0.05) is 42.4 Å². The van der Waals surface area contributed by atoms with E-state index >= 15 is 0 Å². The molecule has 0 aliphatic heterocycles. The summed E-state index contributed by atoms with van der Waals surface area (Å²) in [5, 5.41) is 7.49. The van der Waals surface area contributed by atoms with Gasteiger partial charge in [-0.3, -0.25) is 9.78 Å². The topological polar surface area (TPSA) is 80.9 Å². The van der Waals surface area contributed by atoms with Crippen LogP contribution in [-0.2, 0) is 17.6 Å². The fraction of sp³-hybridized carbons (Fsp3) is 0.222. The number of halogens is 1. The molecule has 0 radical (unpaired) electrons. The number of amides is 1. The van der Waals surface area contributed by atoms with Crippen molar-refractivity contribution in [2.75, 3.05) is 6.54 Å². The third-order valence-electron chi connectivity index (χ3n) is 3.60. The Hall–Kier alpha value is -2.73. The molecule has 7 heteroatoms. The summed E-state index contributed by atoms with van der Waals surface area (Å²) in [6.07, 6.45) is 4.81. The largest absolute Gasteiger partial charge is 0.356 e. The number of nitrogens with one attached hydrogen (secondary N) is 1. The predicted octanol–water partition coefficient (Wildman–Crippen LogP) is 3.08. The van der Waals surface area contributed by atoms with Crippen molar-refractivity contribution < 1.29 is 9.32 Å². The molecule has 0 atom stereocenters. The van der Waals surface area contributed by atoms with Gasteiger partial charge in [0.05, 0.1) is 0 Å². The average Bonchev–Trinajstić information content (AvgIpc) is 3.11. The molecule has 2 aromatic heterocycles. The molecule has 1 aromatic carbocycles. The number of rotatable bonds is 7. The minimum Gasteiger partial charge on any atom is -0.356 e. The van der Waals surface area contributed by atoms with E-state index in [2.05, 4.69) is 20.4 Å². The quantitative estimate of drug-likeness (QED) is 0.703. The Bertz CT molecular complexity index is 819. The van der Waals surface area contributed by atoms with E-state index in [4.69, 9.17) is 16.1 Å². The second-order valence-corrected chi connectivity index (χ2v) is 5.92. The molecule has 0 fully saturated rings. The number of hydrogen-bond acceptors (Lipinski definition) is 5. The maximum Gasteiger partial charge on any atom is 0.227 e. The lowest BCUT2D eigenvalue weighted by atomic mass is 10.1. The van der Waals surface area contributed by atoms with Crippen molar-refractivity contribution >= 4 is 17.5 Å². The van der Waals surface area contributed by atoms with E-state index in [-0.39, 0.29) is 5.91 Å². The van der Waals surface area contributed by atoms with Gasteiger partial charge in [-0.15, -0.1) is 0 Å². The molecule has 0 aliphatic rings. The number of carbonyl (C=O) groups excluding carboxylic acids is 1. The molecule has 3 rings (SSSR count). The van der Waals surface area contributed by atoms with Gasteiger partial charge in [-0.1, -0.05) is 28.9 Å². The SMILES string of the molecule is O=C(CCc1nc(-c2cccnc2)no1)NCCc1ccc(Cl)cc1. The van der Waals surface area contributed by atoms with Crippen molar-refractivity contribution in [2.24, 2.45) is 0 Å². The molecule has 25 heavy (non-hydrogen) atoms. The molecule has 0 spiro atoms. The normalized spacial score (nSPS) is 10.6. The Morgan fingerprint density at radius 2 is 2.00 bits per heavy atom. The van der Waals surface area contributed by atoms with E-state index in [1.54, 1.807) is 18.5 Å². The van der Waals surface area contributed by atoms with Gasteiger partial charge in [0.1, 0.15) is 0 Å². The Morgan fingerprint density at radius 1 is 1.16 bits per heavy atom. The van der Waals surface area contributed by atoms with E-state index in [0.29, 0.717) is 36.1 Å². The average molecular weight is 357 g/mol. The van der Waals surface area contributed by atoms with Crippen molar-refractivity contribution in [1.29, 1.82) is 0 Å². The van der Waals surface area contributed by atoms with Crippen molar-refractivity contribution in [3.63, 3.8) is 0 Å². The zero-order valence-electron chi connectivity index (χ0n) is 13.5. The van der Waals surface area contributed by atoms with E-state index < -0.39 is 0 Å². The molecule has 2 heterocycles. The molecule has 0 aliphatic carbocycles. The number of nitrogens with zero attached hydrogens (tertiary/aromatic N) is 3. The van der Waals surface area contributed by atoms with Crippen LogP contribution >= 0.6 is 11.6 Å². The van der Waals surface area contributed by atoms with Crippen molar-refractivity contribution in [3.05, 3.63) is 65.3 Å². The van der Waals surface area contributed by atoms with Gasteiger partial charge < -0.3 is 9.84 Å². The fourth-order valence-corrected chi connectivity index (χ4v) is 2.40. The highest BCUT2D eigenvalue weighted by Crippen LogP contribution is 2.14. The lowest BCUT2D eigenvalue weighted by molar-refractivity contribution is -0.121. The molecule has 128 valence electrons.